The van der Waals surface area contributed by atoms with Crippen LogP contribution < -0.4 is 0 Å². The van der Waals surface area contributed by atoms with Crippen LogP contribution in [0.3, 0.4) is 0 Å². The van der Waals surface area contributed by atoms with Crippen LogP contribution in [0, 0.1) is 13.8 Å². The molecule has 1 unspecified atom stereocenters. The lowest BCUT2D eigenvalue weighted by Gasteiger charge is -2.34. The topological polar surface area (TPSA) is 33.5 Å². The van der Waals surface area contributed by atoms with Crippen LogP contribution in [0.1, 0.15) is 23.9 Å². The summed E-state index contributed by atoms with van der Waals surface area (Å²) in [6.07, 6.45) is 0. The Balaban J connectivity index is 1.69. The maximum Gasteiger partial charge on any atom is 0.0693 e. The fourth-order valence-corrected chi connectivity index (χ4v) is 3.66. The van der Waals surface area contributed by atoms with Gasteiger partial charge >= 0.3 is 0 Å². The zero-order valence-corrected chi connectivity index (χ0v) is 15.9. The van der Waals surface area contributed by atoms with Gasteiger partial charge in [0, 0.05) is 37.9 Å². The van der Waals surface area contributed by atoms with Gasteiger partial charge in [0.1, 0.15) is 0 Å². The molecule has 1 fully saturated rings. The Morgan fingerprint density at radius 3 is 2.60 bits per heavy atom. The Morgan fingerprint density at radius 1 is 1.20 bits per heavy atom. The molecule has 0 aliphatic carbocycles. The molecule has 1 saturated heterocycles. The SMILES string of the molecule is Cc1cc(C)n(-c2ccccc2CN(C)CC(C)N2CCOCC2)n1. The minimum absolute atomic E-state index is 0.537. The number of rotatable bonds is 6. The normalized spacial score (nSPS) is 17.2. The van der Waals surface area contributed by atoms with Crippen LogP contribution in [0.5, 0.6) is 0 Å². The third-order valence-corrected chi connectivity index (χ3v) is 4.91. The number of morpholine rings is 1. The zero-order valence-electron chi connectivity index (χ0n) is 15.9. The van der Waals surface area contributed by atoms with E-state index >= 15 is 0 Å². The zero-order chi connectivity index (χ0) is 17.8. The minimum Gasteiger partial charge on any atom is -0.379 e. The van der Waals surface area contributed by atoms with E-state index in [1.807, 2.05) is 6.92 Å². The first kappa shape index (κ1) is 18.1. The van der Waals surface area contributed by atoms with Gasteiger partial charge in [-0.2, -0.15) is 5.10 Å². The fourth-order valence-electron chi connectivity index (χ4n) is 3.66. The molecule has 136 valence electrons. The van der Waals surface area contributed by atoms with Crippen molar-refractivity contribution in [1.82, 2.24) is 19.6 Å². The maximum absolute atomic E-state index is 5.46. The van der Waals surface area contributed by atoms with E-state index < -0.39 is 0 Å². The minimum atomic E-state index is 0.537. The average molecular weight is 342 g/mol. The summed E-state index contributed by atoms with van der Waals surface area (Å²) in [5, 5.41) is 4.66. The Labute approximate surface area is 151 Å². The molecule has 0 spiro atoms. The number of aromatic nitrogens is 2. The van der Waals surface area contributed by atoms with Gasteiger partial charge in [-0.1, -0.05) is 18.2 Å². The van der Waals surface area contributed by atoms with Gasteiger partial charge in [0.05, 0.1) is 24.6 Å². The molecule has 3 rings (SSSR count). The molecule has 1 aromatic heterocycles. The van der Waals surface area contributed by atoms with Crippen molar-refractivity contribution in [3.05, 3.63) is 47.3 Å². The maximum atomic E-state index is 5.46. The standard InChI is InChI=1S/C20H30N4O/c1-16-13-17(2)24(21-16)20-8-6-5-7-19(20)15-22(4)14-18(3)23-9-11-25-12-10-23/h5-8,13,18H,9-12,14-15H2,1-4H3. The highest BCUT2D eigenvalue weighted by atomic mass is 16.5. The monoisotopic (exact) mass is 342 g/mol. The molecule has 5 heteroatoms. The molecule has 5 nitrogen and oxygen atoms in total. The Kier molecular flexibility index (Phi) is 5.89. The summed E-state index contributed by atoms with van der Waals surface area (Å²) in [5.41, 5.74) is 4.72. The molecule has 2 aromatic rings. The number of likely N-dealkylation sites (N-methyl/N-ethyl adjacent to an activating group) is 1. The highest BCUT2D eigenvalue weighted by molar-refractivity contribution is 5.41. The van der Waals surface area contributed by atoms with Crippen LogP contribution in [-0.4, -0.2) is 65.5 Å². The van der Waals surface area contributed by atoms with Crippen molar-refractivity contribution in [2.75, 3.05) is 39.9 Å². The molecule has 1 aliphatic rings. The van der Waals surface area contributed by atoms with Gasteiger partial charge in [0.25, 0.3) is 0 Å². The van der Waals surface area contributed by atoms with Crippen LogP contribution in [0.25, 0.3) is 5.69 Å². The lowest BCUT2D eigenvalue weighted by atomic mass is 10.1. The molecule has 0 radical (unpaired) electrons. The lowest BCUT2D eigenvalue weighted by molar-refractivity contribution is 0.0137. The first-order valence-electron chi connectivity index (χ1n) is 9.16. The van der Waals surface area contributed by atoms with Crippen molar-refractivity contribution in [3.8, 4) is 5.69 Å². The first-order chi connectivity index (χ1) is 12.0. The molecular formula is C20H30N4O. The van der Waals surface area contributed by atoms with E-state index in [2.05, 4.69) is 70.8 Å². The summed E-state index contributed by atoms with van der Waals surface area (Å²) >= 11 is 0. The van der Waals surface area contributed by atoms with Gasteiger partial charge in [-0.05, 0) is 45.5 Å². The average Bonchev–Trinajstić information content (AvgIpc) is 2.94. The second kappa shape index (κ2) is 8.13. The van der Waals surface area contributed by atoms with E-state index in [4.69, 9.17) is 4.74 Å². The second-order valence-corrected chi connectivity index (χ2v) is 7.16. The number of hydrogen-bond acceptors (Lipinski definition) is 4. The van der Waals surface area contributed by atoms with E-state index in [9.17, 15) is 0 Å². The summed E-state index contributed by atoms with van der Waals surface area (Å²) in [6, 6.07) is 11.2. The van der Waals surface area contributed by atoms with Crippen LogP contribution in [0.15, 0.2) is 30.3 Å². The molecule has 0 bridgehead atoms. The summed E-state index contributed by atoms with van der Waals surface area (Å²) in [7, 11) is 2.20. The van der Waals surface area contributed by atoms with Crippen LogP contribution >= 0.6 is 0 Å². The molecular weight excluding hydrogens is 312 g/mol. The van der Waals surface area contributed by atoms with Crippen molar-refractivity contribution < 1.29 is 4.74 Å². The molecule has 2 heterocycles. The Bertz CT molecular complexity index is 691. The Hall–Kier alpha value is -1.69. The van der Waals surface area contributed by atoms with Crippen molar-refractivity contribution in [2.24, 2.45) is 0 Å². The first-order valence-corrected chi connectivity index (χ1v) is 9.16. The number of ether oxygens (including phenoxy) is 1. The fraction of sp³-hybridized carbons (Fsp3) is 0.550. The number of benzene rings is 1. The molecule has 1 aliphatic heterocycles. The highest BCUT2D eigenvalue weighted by Crippen LogP contribution is 2.18. The van der Waals surface area contributed by atoms with Gasteiger partial charge in [-0.25, -0.2) is 4.68 Å². The number of hydrogen-bond donors (Lipinski definition) is 0. The summed E-state index contributed by atoms with van der Waals surface area (Å²) in [6.45, 7) is 12.2. The molecule has 1 atom stereocenters. The van der Waals surface area contributed by atoms with Crippen molar-refractivity contribution in [1.29, 1.82) is 0 Å². The highest BCUT2D eigenvalue weighted by Gasteiger charge is 2.19. The van der Waals surface area contributed by atoms with E-state index in [-0.39, 0.29) is 0 Å². The van der Waals surface area contributed by atoms with Gasteiger partial charge in [0.2, 0.25) is 0 Å². The number of para-hydroxylation sites is 1. The van der Waals surface area contributed by atoms with Crippen LogP contribution in [-0.2, 0) is 11.3 Å². The third-order valence-electron chi connectivity index (χ3n) is 4.91. The largest absolute Gasteiger partial charge is 0.379 e. The molecule has 0 saturated carbocycles. The molecule has 25 heavy (non-hydrogen) atoms. The van der Waals surface area contributed by atoms with Gasteiger partial charge in [-0.15, -0.1) is 0 Å². The predicted molar refractivity (Wildman–Crippen MR) is 101 cm³/mol. The van der Waals surface area contributed by atoms with Crippen molar-refractivity contribution in [3.63, 3.8) is 0 Å². The Morgan fingerprint density at radius 2 is 1.92 bits per heavy atom. The number of aryl methyl sites for hydroxylation is 2. The van der Waals surface area contributed by atoms with Crippen molar-refractivity contribution in [2.45, 2.75) is 33.4 Å². The smallest absolute Gasteiger partial charge is 0.0693 e. The van der Waals surface area contributed by atoms with E-state index in [1.54, 1.807) is 0 Å². The van der Waals surface area contributed by atoms with E-state index in [1.165, 1.54) is 16.9 Å². The molecule has 1 aromatic carbocycles. The van der Waals surface area contributed by atoms with Gasteiger partial charge in [0.15, 0.2) is 0 Å². The van der Waals surface area contributed by atoms with E-state index in [0.29, 0.717) is 6.04 Å². The summed E-state index contributed by atoms with van der Waals surface area (Å²) in [5.74, 6) is 0. The second-order valence-electron chi connectivity index (χ2n) is 7.16. The third kappa shape index (κ3) is 4.48. The predicted octanol–water partition coefficient (Wildman–Crippen LogP) is 2.64. The van der Waals surface area contributed by atoms with Crippen LogP contribution in [0.4, 0.5) is 0 Å². The summed E-state index contributed by atoms with van der Waals surface area (Å²) < 4.78 is 7.52. The van der Waals surface area contributed by atoms with Gasteiger partial charge < -0.3 is 9.64 Å². The van der Waals surface area contributed by atoms with E-state index in [0.717, 1.165) is 45.1 Å². The molecule has 0 amide bonds. The quantitative estimate of drug-likeness (QED) is 0.808. The van der Waals surface area contributed by atoms with Gasteiger partial charge in [-0.3, -0.25) is 4.90 Å². The lowest BCUT2D eigenvalue weighted by Crippen LogP contribution is -2.46. The molecule has 0 N–H and O–H groups in total. The van der Waals surface area contributed by atoms with Crippen LogP contribution in [0.2, 0.25) is 0 Å². The van der Waals surface area contributed by atoms with Crippen molar-refractivity contribution >= 4 is 0 Å². The summed E-state index contributed by atoms with van der Waals surface area (Å²) in [4.78, 5) is 4.93. The number of nitrogens with zero attached hydrogens (tertiary/aromatic N) is 4.